The molecular weight excluding hydrogens is 302 g/mol. The highest BCUT2D eigenvalue weighted by Gasteiger charge is 2.31. The summed E-state index contributed by atoms with van der Waals surface area (Å²) in [6, 6.07) is 8.33. The summed E-state index contributed by atoms with van der Waals surface area (Å²) >= 11 is 9.12. The summed E-state index contributed by atoms with van der Waals surface area (Å²) < 4.78 is 1.04. The van der Waals surface area contributed by atoms with E-state index in [4.69, 9.17) is 11.6 Å². The van der Waals surface area contributed by atoms with Gasteiger partial charge in [0.2, 0.25) is 5.91 Å². The van der Waals surface area contributed by atoms with Crippen LogP contribution in [0.2, 0.25) is 0 Å². The van der Waals surface area contributed by atoms with Crippen molar-refractivity contribution in [2.45, 2.75) is 25.3 Å². The van der Waals surface area contributed by atoms with Crippen LogP contribution in [0.3, 0.4) is 0 Å². The van der Waals surface area contributed by atoms with Crippen LogP contribution in [-0.4, -0.2) is 29.3 Å². The fraction of sp³-hybridized carbons (Fsp3) is 0.462. The Morgan fingerprint density at radius 3 is 2.53 bits per heavy atom. The number of halogens is 2. The van der Waals surface area contributed by atoms with Crippen molar-refractivity contribution in [3.63, 3.8) is 0 Å². The molecule has 0 N–H and O–H groups in total. The molecule has 4 heteroatoms. The van der Waals surface area contributed by atoms with E-state index in [1.54, 1.807) is 0 Å². The maximum absolute atomic E-state index is 12.1. The molecule has 0 heterocycles. The Kier molecular flexibility index (Phi) is 4.46. The summed E-state index contributed by atoms with van der Waals surface area (Å²) in [7, 11) is 0. The van der Waals surface area contributed by atoms with E-state index in [-0.39, 0.29) is 5.91 Å². The summed E-state index contributed by atoms with van der Waals surface area (Å²) in [5.41, 5.74) is 1.05. The molecular formula is C13H15BrClNO. The van der Waals surface area contributed by atoms with Crippen molar-refractivity contribution in [3.8, 4) is 0 Å². The number of rotatable bonds is 5. The largest absolute Gasteiger partial charge is 0.338 e. The van der Waals surface area contributed by atoms with Crippen LogP contribution >= 0.6 is 27.5 Å². The van der Waals surface area contributed by atoms with Crippen LogP contribution in [0, 0.1) is 0 Å². The summed E-state index contributed by atoms with van der Waals surface area (Å²) in [4.78, 5) is 14.1. The quantitative estimate of drug-likeness (QED) is 0.764. The molecule has 2 nitrogen and oxygen atoms in total. The Balaban J connectivity index is 1.96. The molecule has 2 rings (SSSR count). The highest BCUT2D eigenvalue weighted by atomic mass is 79.9. The minimum atomic E-state index is 0.190. The molecule has 0 bridgehead atoms. The molecule has 0 radical (unpaired) electrons. The van der Waals surface area contributed by atoms with Gasteiger partial charge >= 0.3 is 0 Å². The normalized spacial score (nSPS) is 14.7. The Labute approximate surface area is 115 Å². The second-order valence-corrected chi connectivity index (χ2v) is 5.60. The fourth-order valence-corrected chi connectivity index (χ4v) is 2.31. The van der Waals surface area contributed by atoms with E-state index in [9.17, 15) is 4.79 Å². The van der Waals surface area contributed by atoms with Crippen molar-refractivity contribution in [3.05, 3.63) is 34.3 Å². The van der Waals surface area contributed by atoms with E-state index in [1.807, 2.05) is 29.2 Å². The highest BCUT2D eigenvalue weighted by molar-refractivity contribution is 9.10. The van der Waals surface area contributed by atoms with Gasteiger partial charge in [-0.25, -0.2) is 0 Å². The van der Waals surface area contributed by atoms with Crippen LogP contribution in [0.5, 0.6) is 0 Å². The van der Waals surface area contributed by atoms with Crippen LogP contribution in [0.4, 0.5) is 0 Å². The van der Waals surface area contributed by atoms with Gasteiger partial charge in [-0.3, -0.25) is 4.79 Å². The molecule has 1 amide bonds. The molecule has 0 atom stereocenters. The van der Waals surface area contributed by atoms with Crippen LogP contribution in [0.15, 0.2) is 28.7 Å². The summed E-state index contributed by atoms with van der Waals surface area (Å²) in [6.07, 6.45) is 2.73. The zero-order valence-corrected chi connectivity index (χ0v) is 11.9. The minimum Gasteiger partial charge on any atom is -0.338 e. The maximum atomic E-state index is 12.1. The molecule has 0 saturated heterocycles. The first kappa shape index (κ1) is 12.9. The SMILES string of the molecule is O=C(Cc1ccc(Br)cc1)N(CCCl)C1CC1. The number of amides is 1. The van der Waals surface area contributed by atoms with Gasteiger partial charge < -0.3 is 4.90 Å². The van der Waals surface area contributed by atoms with Gasteiger partial charge in [0.1, 0.15) is 0 Å². The Bertz CT molecular complexity index is 389. The molecule has 1 aliphatic carbocycles. The third kappa shape index (κ3) is 3.71. The van der Waals surface area contributed by atoms with Crippen molar-refractivity contribution in [2.24, 2.45) is 0 Å². The van der Waals surface area contributed by atoms with E-state index in [0.29, 0.717) is 24.9 Å². The Morgan fingerprint density at radius 1 is 1.35 bits per heavy atom. The molecule has 92 valence electrons. The molecule has 1 saturated carbocycles. The third-order valence-corrected chi connectivity index (χ3v) is 3.60. The molecule has 17 heavy (non-hydrogen) atoms. The molecule has 1 aliphatic rings. The van der Waals surface area contributed by atoms with E-state index >= 15 is 0 Å². The predicted molar refractivity (Wildman–Crippen MR) is 73.3 cm³/mol. The van der Waals surface area contributed by atoms with Gasteiger partial charge in [0.05, 0.1) is 6.42 Å². The van der Waals surface area contributed by atoms with Crippen molar-refractivity contribution < 1.29 is 4.79 Å². The number of alkyl halides is 1. The molecule has 1 fully saturated rings. The smallest absolute Gasteiger partial charge is 0.227 e. The van der Waals surface area contributed by atoms with Gasteiger partial charge in [-0.05, 0) is 30.5 Å². The average molecular weight is 317 g/mol. The molecule has 0 spiro atoms. The first-order valence-corrected chi connectivity index (χ1v) is 7.13. The predicted octanol–water partition coefficient (Wildman–Crippen LogP) is 3.22. The topological polar surface area (TPSA) is 20.3 Å². The van der Waals surface area contributed by atoms with E-state index < -0.39 is 0 Å². The number of carbonyl (C=O) groups is 1. The van der Waals surface area contributed by atoms with Crippen LogP contribution in [-0.2, 0) is 11.2 Å². The first-order chi connectivity index (χ1) is 8.20. The Morgan fingerprint density at radius 2 is 2.00 bits per heavy atom. The lowest BCUT2D eigenvalue weighted by Crippen LogP contribution is -2.35. The monoisotopic (exact) mass is 315 g/mol. The molecule has 0 unspecified atom stereocenters. The van der Waals surface area contributed by atoms with Gasteiger partial charge in [-0.15, -0.1) is 11.6 Å². The van der Waals surface area contributed by atoms with E-state index in [2.05, 4.69) is 15.9 Å². The molecule has 1 aromatic carbocycles. The second kappa shape index (κ2) is 5.87. The van der Waals surface area contributed by atoms with Crippen molar-refractivity contribution in [1.82, 2.24) is 4.90 Å². The van der Waals surface area contributed by atoms with Gasteiger partial charge in [-0.2, -0.15) is 0 Å². The van der Waals surface area contributed by atoms with E-state index in [0.717, 1.165) is 22.9 Å². The lowest BCUT2D eigenvalue weighted by Gasteiger charge is -2.21. The van der Waals surface area contributed by atoms with Gasteiger partial charge in [-0.1, -0.05) is 28.1 Å². The summed E-state index contributed by atoms with van der Waals surface area (Å²) in [5, 5.41) is 0. The molecule has 0 aromatic heterocycles. The number of hydrogen-bond donors (Lipinski definition) is 0. The second-order valence-electron chi connectivity index (χ2n) is 4.31. The standard InChI is InChI=1S/C13H15BrClNO/c14-11-3-1-10(2-4-11)9-13(17)16(8-7-15)12-5-6-12/h1-4,12H,5-9H2. The number of nitrogens with zero attached hydrogens (tertiary/aromatic N) is 1. The third-order valence-electron chi connectivity index (χ3n) is 2.90. The number of hydrogen-bond acceptors (Lipinski definition) is 1. The average Bonchev–Trinajstić information content (AvgIpc) is 3.13. The summed E-state index contributed by atoms with van der Waals surface area (Å²) in [5.74, 6) is 0.707. The van der Waals surface area contributed by atoms with Gasteiger partial charge in [0.15, 0.2) is 0 Å². The Hall–Kier alpha value is -0.540. The van der Waals surface area contributed by atoms with Crippen molar-refractivity contribution >= 4 is 33.4 Å². The lowest BCUT2D eigenvalue weighted by molar-refractivity contribution is -0.130. The van der Waals surface area contributed by atoms with E-state index in [1.165, 1.54) is 0 Å². The first-order valence-electron chi connectivity index (χ1n) is 5.80. The minimum absolute atomic E-state index is 0.190. The van der Waals surface area contributed by atoms with Gasteiger partial charge in [0.25, 0.3) is 0 Å². The van der Waals surface area contributed by atoms with Crippen LogP contribution in [0.25, 0.3) is 0 Å². The van der Waals surface area contributed by atoms with Crippen LogP contribution in [0.1, 0.15) is 18.4 Å². The zero-order valence-electron chi connectivity index (χ0n) is 9.53. The molecule has 0 aliphatic heterocycles. The number of carbonyl (C=O) groups excluding carboxylic acids is 1. The zero-order chi connectivity index (χ0) is 12.3. The number of benzene rings is 1. The van der Waals surface area contributed by atoms with Crippen molar-refractivity contribution in [1.29, 1.82) is 0 Å². The maximum Gasteiger partial charge on any atom is 0.227 e. The summed E-state index contributed by atoms with van der Waals surface area (Å²) in [6.45, 7) is 0.668. The highest BCUT2D eigenvalue weighted by Crippen LogP contribution is 2.27. The fourth-order valence-electron chi connectivity index (χ4n) is 1.87. The lowest BCUT2D eigenvalue weighted by atomic mass is 10.1. The van der Waals surface area contributed by atoms with Crippen molar-refractivity contribution in [2.75, 3.05) is 12.4 Å². The molecule has 1 aromatic rings. The van der Waals surface area contributed by atoms with Gasteiger partial charge in [0, 0.05) is 22.9 Å². The van der Waals surface area contributed by atoms with Crippen LogP contribution < -0.4 is 0 Å².